The largest absolute Gasteiger partial charge is 0.333 e. The van der Waals surface area contributed by atoms with Crippen molar-refractivity contribution in [2.75, 3.05) is 6.54 Å². The Morgan fingerprint density at radius 3 is 2.79 bits per heavy atom. The van der Waals surface area contributed by atoms with E-state index in [1.165, 1.54) is 12.8 Å². The Kier molecular flexibility index (Phi) is 2.88. The molecule has 1 amide bonds. The fourth-order valence-electron chi connectivity index (χ4n) is 4.87. The molecule has 0 N–H and O–H groups in total. The zero-order valence-corrected chi connectivity index (χ0v) is 12.4. The van der Waals surface area contributed by atoms with Crippen molar-refractivity contribution in [3.63, 3.8) is 0 Å². The monoisotopic (exact) mass is 259 g/mol. The molecule has 0 aromatic rings. The van der Waals surface area contributed by atoms with Gasteiger partial charge < -0.3 is 4.90 Å². The Morgan fingerprint density at radius 2 is 2.11 bits per heavy atom. The van der Waals surface area contributed by atoms with E-state index in [0.29, 0.717) is 5.41 Å². The number of likely N-dealkylation sites (tertiary alicyclic amines) is 1. The maximum Gasteiger partial charge on any atom is 0.253 e. The molecule has 2 aliphatic carbocycles. The van der Waals surface area contributed by atoms with Gasteiger partial charge in [0.2, 0.25) is 0 Å². The molecule has 3 unspecified atom stereocenters. The van der Waals surface area contributed by atoms with Gasteiger partial charge in [0.25, 0.3) is 5.91 Å². The molecule has 0 spiro atoms. The van der Waals surface area contributed by atoms with Gasteiger partial charge in [-0.3, -0.25) is 4.79 Å². The Hall–Kier alpha value is -1.05. The maximum atomic E-state index is 12.8. The molecule has 104 valence electrons. The van der Waals surface area contributed by atoms with Gasteiger partial charge in [0.1, 0.15) is 0 Å². The molecule has 0 aromatic carbocycles. The molecule has 1 saturated carbocycles. The van der Waals surface area contributed by atoms with Gasteiger partial charge in [-0.15, -0.1) is 0 Å². The first-order valence-corrected chi connectivity index (χ1v) is 7.61. The number of amides is 1. The van der Waals surface area contributed by atoms with E-state index in [4.69, 9.17) is 0 Å². The molecule has 1 heterocycles. The lowest BCUT2D eigenvalue weighted by Gasteiger charge is -2.40. The maximum absolute atomic E-state index is 12.8. The standard InChI is InChI=1S/C17H25NO/c1-13-9-16(2)11-17(3,10-13)18(12-16)15(19)14-7-5-4-6-8-14/h5,7-8,13H,4,6,9-12H2,1-3H3. The van der Waals surface area contributed by atoms with Crippen LogP contribution in [0.1, 0.15) is 52.9 Å². The molecule has 2 bridgehead atoms. The summed E-state index contributed by atoms with van der Waals surface area (Å²) in [6, 6.07) is 0. The van der Waals surface area contributed by atoms with E-state index in [0.717, 1.165) is 37.3 Å². The van der Waals surface area contributed by atoms with E-state index < -0.39 is 0 Å². The average Bonchev–Trinajstić information content (AvgIpc) is 2.54. The number of nitrogens with zero attached hydrogens (tertiary/aromatic N) is 1. The number of hydrogen-bond acceptors (Lipinski definition) is 1. The number of hydrogen-bond donors (Lipinski definition) is 0. The number of rotatable bonds is 1. The van der Waals surface area contributed by atoms with Gasteiger partial charge in [-0.2, -0.15) is 0 Å². The Labute approximate surface area is 116 Å². The molecule has 19 heavy (non-hydrogen) atoms. The van der Waals surface area contributed by atoms with Crippen LogP contribution in [0, 0.1) is 11.3 Å². The van der Waals surface area contributed by atoms with E-state index in [1.54, 1.807) is 0 Å². The van der Waals surface area contributed by atoms with Crippen LogP contribution >= 0.6 is 0 Å². The topological polar surface area (TPSA) is 20.3 Å². The minimum atomic E-state index is 0.0790. The summed E-state index contributed by atoms with van der Waals surface area (Å²) in [6.07, 6.45) is 11.9. The minimum Gasteiger partial charge on any atom is -0.333 e. The van der Waals surface area contributed by atoms with Crippen molar-refractivity contribution in [2.24, 2.45) is 11.3 Å². The van der Waals surface area contributed by atoms with Crippen LogP contribution in [0.5, 0.6) is 0 Å². The van der Waals surface area contributed by atoms with Crippen LogP contribution in [-0.2, 0) is 4.79 Å². The Bertz CT molecular complexity index is 464. The third-order valence-electron chi connectivity index (χ3n) is 5.12. The zero-order valence-electron chi connectivity index (χ0n) is 12.4. The highest BCUT2D eigenvalue weighted by atomic mass is 16.2. The van der Waals surface area contributed by atoms with Crippen molar-refractivity contribution in [3.8, 4) is 0 Å². The van der Waals surface area contributed by atoms with Crippen molar-refractivity contribution in [3.05, 3.63) is 23.8 Å². The first-order chi connectivity index (χ1) is 8.92. The third-order valence-corrected chi connectivity index (χ3v) is 5.12. The molecule has 3 rings (SSSR count). The fraction of sp³-hybridized carbons (Fsp3) is 0.706. The summed E-state index contributed by atoms with van der Waals surface area (Å²) in [5, 5.41) is 0. The lowest BCUT2D eigenvalue weighted by Crippen LogP contribution is -2.46. The summed E-state index contributed by atoms with van der Waals surface area (Å²) in [7, 11) is 0. The van der Waals surface area contributed by atoms with E-state index in [1.807, 2.05) is 6.08 Å². The van der Waals surface area contributed by atoms with Crippen LogP contribution in [-0.4, -0.2) is 22.9 Å². The van der Waals surface area contributed by atoms with Crippen LogP contribution in [0.2, 0.25) is 0 Å². The summed E-state index contributed by atoms with van der Waals surface area (Å²) >= 11 is 0. The summed E-state index contributed by atoms with van der Waals surface area (Å²) in [6.45, 7) is 7.93. The predicted octanol–water partition coefficient (Wildman–Crippen LogP) is 3.69. The molecular formula is C17H25NO. The van der Waals surface area contributed by atoms with Gasteiger partial charge in [0.05, 0.1) is 0 Å². The molecule has 2 fully saturated rings. The molecule has 1 aliphatic heterocycles. The SMILES string of the molecule is CC1CC2(C)CN(C(=O)C3=CCCC=C3)C(C)(C1)C2. The van der Waals surface area contributed by atoms with Crippen molar-refractivity contribution < 1.29 is 4.79 Å². The number of carbonyl (C=O) groups is 1. The molecular weight excluding hydrogens is 234 g/mol. The summed E-state index contributed by atoms with van der Waals surface area (Å²) in [5.41, 5.74) is 1.33. The minimum absolute atomic E-state index is 0.0790. The third kappa shape index (κ3) is 2.15. The summed E-state index contributed by atoms with van der Waals surface area (Å²) in [5.74, 6) is 0.994. The first kappa shape index (κ1) is 13.0. The van der Waals surface area contributed by atoms with Crippen LogP contribution in [0.4, 0.5) is 0 Å². The van der Waals surface area contributed by atoms with Gasteiger partial charge in [-0.05, 0) is 50.4 Å². The van der Waals surface area contributed by atoms with Crippen molar-refractivity contribution in [2.45, 2.75) is 58.4 Å². The molecule has 2 heteroatoms. The van der Waals surface area contributed by atoms with Crippen molar-refractivity contribution in [1.82, 2.24) is 4.90 Å². The first-order valence-electron chi connectivity index (χ1n) is 7.61. The smallest absolute Gasteiger partial charge is 0.253 e. The van der Waals surface area contributed by atoms with Gasteiger partial charge in [0, 0.05) is 17.7 Å². The van der Waals surface area contributed by atoms with Crippen molar-refractivity contribution >= 4 is 5.91 Å². The Morgan fingerprint density at radius 1 is 1.32 bits per heavy atom. The number of carbonyl (C=O) groups excluding carboxylic acids is 1. The molecule has 0 radical (unpaired) electrons. The number of fused-ring (bicyclic) bond motifs is 2. The quantitative estimate of drug-likeness (QED) is 0.703. The van der Waals surface area contributed by atoms with E-state index in [2.05, 4.69) is 37.8 Å². The Balaban J connectivity index is 1.87. The highest BCUT2D eigenvalue weighted by Gasteiger charge is 2.54. The molecule has 3 atom stereocenters. The molecule has 1 saturated heterocycles. The normalized spacial score (nSPS) is 41.3. The molecule has 2 nitrogen and oxygen atoms in total. The lowest BCUT2D eigenvalue weighted by atomic mass is 9.68. The van der Waals surface area contributed by atoms with Gasteiger partial charge in [-0.1, -0.05) is 32.1 Å². The van der Waals surface area contributed by atoms with Crippen molar-refractivity contribution in [1.29, 1.82) is 0 Å². The fourth-order valence-corrected chi connectivity index (χ4v) is 4.87. The summed E-state index contributed by atoms with van der Waals surface area (Å²) < 4.78 is 0. The van der Waals surface area contributed by atoms with E-state index in [9.17, 15) is 4.79 Å². The second-order valence-electron chi connectivity index (χ2n) is 7.53. The van der Waals surface area contributed by atoms with Crippen LogP contribution in [0.25, 0.3) is 0 Å². The zero-order chi connectivity index (χ0) is 13.7. The second-order valence-corrected chi connectivity index (χ2v) is 7.53. The van der Waals surface area contributed by atoms with Gasteiger partial charge in [0.15, 0.2) is 0 Å². The van der Waals surface area contributed by atoms with E-state index >= 15 is 0 Å². The average molecular weight is 259 g/mol. The second kappa shape index (κ2) is 4.22. The number of allylic oxidation sites excluding steroid dienone is 2. The lowest BCUT2D eigenvalue weighted by molar-refractivity contribution is -0.130. The highest BCUT2D eigenvalue weighted by Crippen LogP contribution is 2.53. The van der Waals surface area contributed by atoms with Crippen LogP contribution in [0.15, 0.2) is 23.8 Å². The van der Waals surface area contributed by atoms with Gasteiger partial charge in [-0.25, -0.2) is 0 Å². The molecule has 0 aromatic heterocycles. The van der Waals surface area contributed by atoms with Gasteiger partial charge >= 0.3 is 0 Å². The van der Waals surface area contributed by atoms with Crippen LogP contribution < -0.4 is 0 Å². The summed E-state index contributed by atoms with van der Waals surface area (Å²) in [4.78, 5) is 15.0. The highest BCUT2D eigenvalue weighted by molar-refractivity contribution is 5.97. The molecule has 3 aliphatic rings. The van der Waals surface area contributed by atoms with E-state index in [-0.39, 0.29) is 11.4 Å². The van der Waals surface area contributed by atoms with Crippen LogP contribution in [0.3, 0.4) is 0 Å². The predicted molar refractivity (Wildman–Crippen MR) is 77.7 cm³/mol.